The largest absolute Gasteiger partial charge is 0.311 e. The van der Waals surface area contributed by atoms with E-state index in [1.165, 1.54) is 0 Å². The minimum absolute atomic E-state index is 0.257. The molecule has 1 heterocycles. The van der Waals surface area contributed by atoms with E-state index in [2.05, 4.69) is 36.3 Å². The van der Waals surface area contributed by atoms with Crippen LogP contribution >= 0.6 is 23.4 Å². The Labute approximate surface area is 119 Å². The van der Waals surface area contributed by atoms with E-state index in [9.17, 15) is 0 Å². The molecular formula is C12H23ClN4S. The SMILES string of the molecule is CCSCC(NC)c1c(Cl)cnn1CCN(C)C. The molecule has 18 heavy (non-hydrogen) atoms. The van der Waals surface area contributed by atoms with Gasteiger partial charge in [-0.15, -0.1) is 0 Å². The quantitative estimate of drug-likeness (QED) is 0.795. The van der Waals surface area contributed by atoms with Crippen LogP contribution in [0, 0.1) is 0 Å². The first-order chi connectivity index (χ1) is 8.60. The minimum atomic E-state index is 0.257. The smallest absolute Gasteiger partial charge is 0.0834 e. The number of nitrogens with zero attached hydrogens (tertiary/aromatic N) is 3. The Morgan fingerprint density at radius 2 is 2.28 bits per heavy atom. The van der Waals surface area contributed by atoms with Gasteiger partial charge in [0.15, 0.2) is 0 Å². The van der Waals surface area contributed by atoms with E-state index in [0.717, 1.165) is 35.3 Å². The Morgan fingerprint density at radius 1 is 1.56 bits per heavy atom. The Balaban J connectivity index is 2.80. The van der Waals surface area contributed by atoms with Crippen LogP contribution in [0.1, 0.15) is 18.7 Å². The van der Waals surface area contributed by atoms with Gasteiger partial charge in [-0.25, -0.2) is 0 Å². The Kier molecular flexibility index (Phi) is 7.07. The lowest BCUT2D eigenvalue weighted by molar-refractivity contribution is 0.365. The number of likely N-dealkylation sites (N-methyl/N-ethyl adjacent to an activating group) is 1. The van der Waals surface area contributed by atoms with Crippen molar-refractivity contribution in [3.63, 3.8) is 0 Å². The van der Waals surface area contributed by atoms with Crippen LogP contribution in [0.5, 0.6) is 0 Å². The summed E-state index contributed by atoms with van der Waals surface area (Å²) in [5.74, 6) is 2.13. The van der Waals surface area contributed by atoms with Crippen molar-refractivity contribution < 1.29 is 0 Å². The van der Waals surface area contributed by atoms with E-state index in [-0.39, 0.29) is 6.04 Å². The molecule has 1 rings (SSSR count). The normalized spacial score (nSPS) is 13.2. The van der Waals surface area contributed by atoms with Crippen molar-refractivity contribution in [1.29, 1.82) is 0 Å². The fraction of sp³-hybridized carbons (Fsp3) is 0.750. The van der Waals surface area contributed by atoms with Crippen LogP contribution in [0.2, 0.25) is 5.02 Å². The number of hydrogen-bond acceptors (Lipinski definition) is 4. The highest BCUT2D eigenvalue weighted by atomic mass is 35.5. The topological polar surface area (TPSA) is 33.1 Å². The molecule has 0 radical (unpaired) electrons. The Hall–Kier alpha value is -0.230. The van der Waals surface area contributed by atoms with E-state index in [1.54, 1.807) is 6.20 Å². The maximum atomic E-state index is 6.27. The van der Waals surface area contributed by atoms with Gasteiger partial charge in [0.1, 0.15) is 0 Å². The van der Waals surface area contributed by atoms with Crippen LogP contribution in [0.25, 0.3) is 0 Å². The second kappa shape index (κ2) is 8.04. The second-order valence-corrected chi connectivity index (χ2v) is 6.13. The molecule has 0 aliphatic rings. The lowest BCUT2D eigenvalue weighted by atomic mass is 10.2. The lowest BCUT2D eigenvalue weighted by Gasteiger charge is -2.19. The molecular weight excluding hydrogens is 268 g/mol. The van der Waals surface area contributed by atoms with Crippen LogP contribution in [0.3, 0.4) is 0 Å². The van der Waals surface area contributed by atoms with Crippen LogP contribution in [0.15, 0.2) is 6.20 Å². The number of halogens is 1. The maximum Gasteiger partial charge on any atom is 0.0834 e. The first-order valence-electron chi connectivity index (χ1n) is 6.21. The third kappa shape index (κ3) is 4.46. The van der Waals surface area contributed by atoms with Gasteiger partial charge >= 0.3 is 0 Å². The summed E-state index contributed by atoms with van der Waals surface area (Å²) in [5, 5.41) is 8.46. The summed E-state index contributed by atoms with van der Waals surface area (Å²) in [7, 11) is 6.10. The summed E-state index contributed by atoms with van der Waals surface area (Å²) < 4.78 is 2.01. The van der Waals surface area contributed by atoms with E-state index in [0.29, 0.717) is 0 Å². The van der Waals surface area contributed by atoms with Crippen molar-refractivity contribution >= 4 is 23.4 Å². The highest BCUT2D eigenvalue weighted by molar-refractivity contribution is 7.99. The molecule has 0 saturated carbocycles. The molecule has 0 saturated heterocycles. The van der Waals surface area contributed by atoms with Gasteiger partial charge in [0.25, 0.3) is 0 Å². The van der Waals surface area contributed by atoms with Crippen molar-refractivity contribution in [2.45, 2.75) is 19.5 Å². The predicted molar refractivity (Wildman–Crippen MR) is 80.6 cm³/mol. The fourth-order valence-electron chi connectivity index (χ4n) is 1.73. The zero-order chi connectivity index (χ0) is 13.5. The van der Waals surface area contributed by atoms with Crippen molar-refractivity contribution in [2.24, 2.45) is 0 Å². The van der Waals surface area contributed by atoms with Gasteiger partial charge in [0, 0.05) is 12.3 Å². The molecule has 0 aliphatic heterocycles. The average Bonchev–Trinajstić information content (AvgIpc) is 2.70. The summed E-state index contributed by atoms with van der Waals surface area (Å²) >= 11 is 8.17. The third-order valence-electron chi connectivity index (χ3n) is 2.76. The molecule has 104 valence electrons. The van der Waals surface area contributed by atoms with Gasteiger partial charge in [0.2, 0.25) is 0 Å². The van der Waals surface area contributed by atoms with Gasteiger partial charge < -0.3 is 10.2 Å². The molecule has 0 aliphatic carbocycles. The predicted octanol–water partition coefficient (Wildman–Crippen LogP) is 2.11. The van der Waals surface area contributed by atoms with E-state index < -0.39 is 0 Å². The molecule has 0 fully saturated rings. The van der Waals surface area contributed by atoms with Gasteiger partial charge in [0.05, 0.1) is 29.5 Å². The van der Waals surface area contributed by atoms with Crippen LogP contribution in [0.4, 0.5) is 0 Å². The zero-order valence-electron chi connectivity index (χ0n) is 11.6. The number of aromatic nitrogens is 2. The van der Waals surface area contributed by atoms with Crippen molar-refractivity contribution in [3.05, 3.63) is 16.9 Å². The number of thioether (sulfide) groups is 1. The highest BCUT2D eigenvalue weighted by Crippen LogP contribution is 2.25. The van der Waals surface area contributed by atoms with Gasteiger partial charge in [-0.2, -0.15) is 16.9 Å². The molecule has 1 aromatic heterocycles. The first kappa shape index (κ1) is 15.8. The third-order valence-corrected chi connectivity index (χ3v) is 4.03. The molecule has 4 nitrogen and oxygen atoms in total. The van der Waals surface area contributed by atoms with E-state index >= 15 is 0 Å². The van der Waals surface area contributed by atoms with Crippen LogP contribution < -0.4 is 5.32 Å². The molecule has 0 spiro atoms. The summed E-state index contributed by atoms with van der Waals surface area (Å²) in [6.45, 7) is 3.99. The molecule has 1 aromatic rings. The summed E-state index contributed by atoms with van der Waals surface area (Å²) in [6.07, 6.45) is 1.74. The number of hydrogen-bond donors (Lipinski definition) is 1. The molecule has 6 heteroatoms. The number of nitrogens with one attached hydrogen (secondary N) is 1. The molecule has 1 atom stereocenters. The van der Waals surface area contributed by atoms with Crippen LogP contribution in [-0.2, 0) is 6.54 Å². The lowest BCUT2D eigenvalue weighted by Crippen LogP contribution is -2.26. The van der Waals surface area contributed by atoms with Crippen molar-refractivity contribution in [1.82, 2.24) is 20.0 Å². The van der Waals surface area contributed by atoms with Crippen molar-refractivity contribution in [2.75, 3.05) is 39.2 Å². The second-order valence-electron chi connectivity index (χ2n) is 4.40. The Bertz CT molecular complexity index is 354. The number of rotatable bonds is 8. The van der Waals surface area contributed by atoms with Gasteiger partial charge in [-0.1, -0.05) is 18.5 Å². The molecule has 1 unspecified atom stereocenters. The molecule has 0 aromatic carbocycles. The highest BCUT2D eigenvalue weighted by Gasteiger charge is 2.18. The molecule has 1 N–H and O–H groups in total. The molecule has 0 bridgehead atoms. The standard InChI is InChI=1S/C12H23ClN4S/c1-5-18-9-11(14-2)12-10(13)8-15-17(12)7-6-16(3)4/h8,11,14H,5-7,9H2,1-4H3. The summed E-state index contributed by atoms with van der Waals surface area (Å²) in [6, 6.07) is 0.257. The summed E-state index contributed by atoms with van der Waals surface area (Å²) in [4.78, 5) is 2.15. The van der Waals surface area contributed by atoms with Crippen molar-refractivity contribution in [3.8, 4) is 0 Å². The Morgan fingerprint density at radius 3 is 2.83 bits per heavy atom. The molecule has 0 amide bonds. The monoisotopic (exact) mass is 290 g/mol. The van der Waals surface area contributed by atoms with Crippen LogP contribution in [-0.4, -0.2) is 53.9 Å². The fourth-order valence-corrected chi connectivity index (χ4v) is 2.79. The van der Waals surface area contributed by atoms with E-state index in [4.69, 9.17) is 11.6 Å². The first-order valence-corrected chi connectivity index (χ1v) is 7.74. The average molecular weight is 291 g/mol. The maximum absolute atomic E-state index is 6.27. The van der Waals surface area contributed by atoms with Gasteiger partial charge in [-0.3, -0.25) is 4.68 Å². The summed E-state index contributed by atoms with van der Waals surface area (Å²) in [5.41, 5.74) is 1.10. The minimum Gasteiger partial charge on any atom is -0.311 e. The zero-order valence-corrected chi connectivity index (χ0v) is 13.2. The van der Waals surface area contributed by atoms with E-state index in [1.807, 2.05) is 23.5 Å². The van der Waals surface area contributed by atoms with Gasteiger partial charge in [-0.05, 0) is 26.9 Å².